The van der Waals surface area contributed by atoms with Crippen LogP contribution in [0, 0.1) is 0 Å². The van der Waals surface area contributed by atoms with Gasteiger partial charge in [-0.2, -0.15) is 5.10 Å². The molecule has 0 atom stereocenters. The van der Waals surface area contributed by atoms with Crippen molar-refractivity contribution >= 4 is 76.3 Å². The molecular formula is C46H58Cl2N12O3. The molecule has 6 heterocycles. The monoisotopic (exact) mass is 896 g/mol. The Hall–Kier alpha value is -6.45. The van der Waals surface area contributed by atoms with Crippen LogP contribution in [0.3, 0.4) is 0 Å². The predicted molar refractivity (Wildman–Crippen MR) is 256 cm³/mol. The van der Waals surface area contributed by atoms with Gasteiger partial charge in [-0.3, -0.25) is 48.5 Å². The molecule has 0 unspecified atom stereocenters. The normalized spacial score (nSPS) is 12.8. The molecule has 0 aliphatic carbocycles. The lowest BCUT2D eigenvalue weighted by atomic mass is 10.2. The fraction of sp³-hybridized carbons (Fsp3) is 0.326. The van der Waals surface area contributed by atoms with Crippen LogP contribution >= 0.6 is 23.2 Å². The first-order valence-corrected chi connectivity index (χ1v) is 21.1. The number of hydrazine groups is 1. The highest BCUT2D eigenvalue weighted by molar-refractivity contribution is 6.30. The minimum atomic E-state index is -0.194. The van der Waals surface area contributed by atoms with Crippen LogP contribution in [0.5, 0.6) is 0 Å². The van der Waals surface area contributed by atoms with Gasteiger partial charge >= 0.3 is 0 Å². The molecule has 2 aromatic carbocycles. The van der Waals surface area contributed by atoms with E-state index in [0.717, 1.165) is 47.0 Å². The van der Waals surface area contributed by atoms with Gasteiger partial charge in [0.1, 0.15) is 35.4 Å². The fourth-order valence-corrected chi connectivity index (χ4v) is 7.02. The van der Waals surface area contributed by atoms with Crippen LogP contribution in [0.25, 0.3) is 11.3 Å². The number of aromatic nitrogens is 4. The van der Waals surface area contributed by atoms with E-state index in [-0.39, 0.29) is 32.6 Å². The highest BCUT2D eigenvalue weighted by Gasteiger charge is 2.20. The number of nitrogens with zero attached hydrogens (tertiary/aromatic N) is 9. The van der Waals surface area contributed by atoms with E-state index in [1.54, 1.807) is 57.0 Å². The average Bonchev–Trinajstić information content (AvgIpc) is 3.86. The van der Waals surface area contributed by atoms with Gasteiger partial charge in [0.15, 0.2) is 0 Å². The summed E-state index contributed by atoms with van der Waals surface area (Å²) in [7, 11) is 0. The molecule has 0 bridgehead atoms. The van der Waals surface area contributed by atoms with Crippen LogP contribution < -0.4 is 26.1 Å². The lowest BCUT2D eigenvalue weighted by Gasteiger charge is -2.28. The Kier molecular flexibility index (Phi) is 18.1. The Labute approximate surface area is 379 Å². The number of hydrogen-bond donors (Lipinski definition) is 3. The zero-order valence-corrected chi connectivity index (χ0v) is 36.4. The SMILES string of the molecule is C.C.CC.CCc1nc2ccc(Cl)cn2c1C(=O)NCc1ccc(N2CCN(C(C)=O)C=N2)cc1.CCc1nc2ccc(Cl)cn2c1C(=O)NCc1ccc(N2CCN=CN2)cc1. The Morgan fingerprint density at radius 2 is 1.17 bits per heavy atom. The molecule has 4 aromatic heterocycles. The summed E-state index contributed by atoms with van der Waals surface area (Å²) in [6, 6.07) is 23.0. The lowest BCUT2D eigenvalue weighted by Crippen LogP contribution is -2.42. The van der Waals surface area contributed by atoms with E-state index < -0.39 is 0 Å². The van der Waals surface area contributed by atoms with E-state index >= 15 is 0 Å². The third-order valence-electron chi connectivity index (χ3n) is 9.84. The van der Waals surface area contributed by atoms with Gasteiger partial charge in [-0.1, -0.05) is 90.0 Å². The van der Waals surface area contributed by atoms with Crippen molar-refractivity contribution < 1.29 is 14.4 Å². The van der Waals surface area contributed by atoms with Crippen LogP contribution in [0.15, 0.2) is 95.3 Å². The Bertz CT molecular complexity index is 2530. The second kappa shape index (κ2) is 23.1. The molecule has 3 amide bonds. The van der Waals surface area contributed by atoms with Crippen molar-refractivity contribution in [3.8, 4) is 0 Å². The number of hydrogen-bond acceptors (Lipinski definition) is 10. The number of aliphatic imine (C=N–C) groups is 1. The molecule has 0 saturated heterocycles. The van der Waals surface area contributed by atoms with Gasteiger partial charge in [0.05, 0.1) is 52.4 Å². The summed E-state index contributed by atoms with van der Waals surface area (Å²) in [5, 5.41) is 15.3. The molecule has 63 heavy (non-hydrogen) atoms. The molecule has 3 N–H and O–H groups in total. The second-order valence-corrected chi connectivity index (χ2v) is 14.6. The number of carbonyl (C=O) groups excluding carboxylic acids is 3. The van der Waals surface area contributed by atoms with Crippen molar-refractivity contribution in [1.82, 2.24) is 39.7 Å². The maximum Gasteiger partial charge on any atom is 0.270 e. The third kappa shape index (κ3) is 11.9. The zero-order chi connectivity index (χ0) is 43.5. The number of aryl methyl sites for hydroxylation is 2. The van der Waals surface area contributed by atoms with Gasteiger partial charge in [-0.15, -0.1) is 0 Å². The quantitative estimate of drug-likeness (QED) is 0.124. The molecule has 0 saturated carbocycles. The topological polar surface area (TPSA) is 156 Å². The Morgan fingerprint density at radius 1 is 0.683 bits per heavy atom. The van der Waals surface area contributed by atoms with Gasteiger partial charge in [0.25, 0.3) is 11.8 Å². The summed E-state index contributed by atoms with van der Waals surface area (Å²) in [5.74, 6) is -0.376. The number of pyridine rings is 2. The van der Waals surface area contributed by atoms with Crippen LogP contribution in [0.2, 0.25) is 10.0 Å². The maximum absolute atomic E-state index is 12.9. The summed E-state index contributed by atoms with van der Waals surface area (Å²) in [4.78, 5) is 51.9. The molecular weight excluding hydrogens is 839 g/mol. The van der Waals surface area contributed by atoms with E-state index in [1.165, 1.54) is 6.92 Å². The largest absolute Gasteiger partial charge is 0.347 e. The summed E-state index contributed by atoms with van der Waals surface area (Å²) < 4.78 is 3.49. The van der Waals surface area contributed by atoms with E-state index in [4.69, 9.17) is 23.2 Å². The predicted octanol–water partition coefficient (Wildman–Crippen LogP) is 8.22. The Balaban J connectivity index is 0.000000259. The molecule has 0 spiro atoms. The molecule has 8 rings (SSSR count). The number of halogens is 2. The van der Waals surface area contributed by atoms with Gasteiger partial charge in [0.2, 0.25) is 5.91 Å². The number of carbonyl (C=O) groups is 3. The van der Waals surface area contributed by atoms with E-state index in [1.807, 2.05) is 92.3 Å². The number of imidazole rings is 2. The molecule has 15 nitrogen and oxygen atoms in total. The smallest absolute Gasteiger partial charge is 0.270 e. The Morgan fingerprint density at radius 3 is 1.59 bits per heavy atom. The highest BCUT2D eigenvalue weighted by atomic mass is 35.5. The van der Waals surface area contributed by atoms with Crippen molar-refractivity contribution in [2.45, 2.75) is 75.4 Å². The fourth-order valence-electron chi connectivity index (χ4n) is 6.70. The number of amides is 3. The first kappa shape index (κ1) is 49.2. The molecule has 6 aromatic rings. The van der Waals surface area contributed by atoms with Crippen molar-refractivity contribution in [2.24, 2.45) is 10.1 Å². The van der Waals surface area contributed by atoms with Crippen molar-refractivity contribution in [3.05, 3.63) is 129 Å². The molecule has 17 heteroatoms. The highest BCUT2D eigenvalue weighted by Crippen LogP contribution is 2.21. The zero-order valence-electron chi connectivity index (χ0n) is 34.9. The molecule has 334 valence electrons. The van der Waals surface area contributed by atoms with Crippen LogP contribution in [0.4, 0.5) is 11.4 Å². The second-order valence-electron chi connectivity index (χ2n) is 13.8. The first-order valence-electron chi connectivity index (χ1n) is 20.3. The minimum Gasteiger partial charge on any atom is -0.347 e. The van der Waals surface area contributed by atoms with Gasteiger partial charge in [-0.25, -0.2) is 9.97 Å². The summed E-state index contributed by atoms with van der Waals surface area (Å²) in [5.41, 5.74) is 11.0. The standard InChI is InChI=1S/C22H23ClN6O2.C20H21ClN6O.C2H6.2CH4/c1-3-19-21(28-13-17(23)6-9-20(28)26-19)22(31)24-12-16-4-7-18(8-5-16)29-11-10-27(14-25-29)15(2)30;1-2-17-19(26-12-15(21)5-8-18(26)25-17)20(28)23-11-14-3-6-16(7-4-14)27-10-9-22-13-24-27;1-2;;/h4-9,13-14H,3,10-12H2,1-2H3,(H,24,31);3-8,12-13H,2,9-11H2,1H3,(H,22,24)(H,23,28);1-2H3;2*1H4. The molecule has 2 aliphatic rings. The molecule has 0 fully saturated rings. The van der Waals surface area contributed by atoms with Gasteiger partial charge in [0, 0.05) is 39.0 Å². The summed E-state index contributed by atoms with van der Waals surface area (Å²) >= 11 is 12.2. The lowest BCUT2D eigenvalue weighted by molar-refractivity contribution is -0.124. The van der Waals surface area contributed by atoms with Crippen molar-refractivity contribution in [3.63, 3.8) is 0 Å². The maximum atomic E-state index is 12.9. The number of rotatable bonds is 10. The van der Waals surface area contributed by atoms with Crippen LogP contribution in [-0.2, 0) is 30.7 Å². The van der Waals surface area contributed by atoms with E-state index in [9.17, 15) is 14.4 Å². The number of nitrogens with one attached hydrogen (secondary N) is 3. The summed E-state index contributed by atoms with van der Waals surface area (Å²) in [6.07, 6.45) is 8.00. The number of benzene rings is 2. The number of hydrazone groups is 1. The van der Waals surface area contributed by atoms with E-state index in [2.05, 4.69) is 36.1 Å². The number of anilines is 2. The van der Waals surface area contributed by atoms with E-state index in [0.29, 0.717) is 71.7 Å². The van der Waals surface area contributed by atoms with Crippen LogP contribution in [0.1, 0.15) is 93.0 Å². The minimum absolute atomic E-state index is 0. The molecule has 0 radical (unpaired) electrons. The first-order chi connectivity index (χ1) is 29.6. The van der Waals surface area contributed by atoms with Crippen molar-refractivity contribution in [2.75, 3.05) is 36.2 Å². The van der Waals surface area contributed by atoms with Gasteiger partial charge < -0.3 is 10.6 Å². The van der Waals surface area contributed by atoms with Crippen LogP contribution in [-0.4, -0.2) is 80.2 Å². The van der Waals surface area contributed by atoms with Gasteiger partial charge in [-0.05, 0) is 72.5 Å². The number of fused-ring (bicyclic) bond motifs is 2. The molecule has 2 aliphatic heterocycles. The summed E-state index contributed by atoms with van der Waals surface area (Å²) in [6.45, 7) is 13.1. The average molecular weight is 898 g/mol. The van der Waals surface area contributed by atoms with Crippen molar-refractivity contribution in [1.29, 1.82) is 0 Å². The third-order valence-corrected chi connectivity index (χ3v) is 10.3.